The highest BCUT2D eigenvalue weighted by atomic mass is 16.5. The maximum Gasteiger partial charge on any atom is 0.225 e. The molecule has 2 heterocycles. The Labute approximate surface area is 125 Å². The van der Waals surface area contributed by atoms with Crippen molar-refractivity contribution in [2.45, 2.75) is 19.4 Å². The molecule has 1 N–H and O–H groups in total. The molecule has 0 atom stereocenters. The van der Waals surface area contributed by atoms with Crippen LogP contribution in [0.1, 0.15) is 18.4 Å². The van der Waals surface area contributed by atoms with Crippen molar-refractivity contribution in [2.24, 2.45) is 0 Å². The summed E-state index contributed by atoms with van der Waals surface area (Å²) in [6, 6.07) is 7.88. The number of rotatable bonds is 5. The van der Waals surface area contributed by atoms with Gasteiger partial charge in [0, 0.05) is 43.3 Å². The first-order valence-corrected chi connectivity index (χ1v) is 7.29. The predicted octanol–water partition coefficient (Wildman–Crippen LogP) is 2.70. The third-order valence-electron chi connectivity index (χ3n) is 3.67. The highest BCUT2D eigenvalue weighted by Gasteiger charge is 2.14. The van der Waals surface area contributed by atoms with Crippen molar-refractivity contribution in [1.29, 1.82) is 0 Å². The molecule has 5 nitrogen and oxygen atoms in total. The van der Waals surface area contributed by atoms with Gasteiger partial charge in [0.05, 0.1) is 7.11 Å². The first-order valence-electron chi connectivity index (χ1n) is 7.29. The van der Waals surface area contributed by atoms with E-state index < -0.39 is 0 Å². The highest BCUT2D eigenvalue weighted by molar-refractivity contribution is 5.46. The summed E-state index contributed by atoms with van der Waals surface area (Å²) in [4.78, 5) is 11.1. The van der Waals surface area contributed by atoms with Crippen molar-refractivity contribution in [1.82, 2.24) is 9.97 Å². The second kappa shape index (κ2) is 6.43. The maximum absolute atomic E-state index is 5.14. The molecule has 0 unspecified atom stereocenters. The van der Waals surface area contributed by atoms with E-state index in [1.54, 1.807) is 7.11 Å². The fraction of sp³-hybridized carbons (Fsp3) is 0.375. The molecule has 0 bridgehead atoms. The lowest BCUT2D eigenvalue weighted by Crippen LogP contribution is -2.20. The second-order valence-electron chi connectivity index (χ2n) is 5.17. The number of aromatic nitrogens is 2. The van der Waals surface area contributed by atoms with Gasteiger partial charge in [0.1, 0.15) is 5.75 Å². The molecule has 0 amide bonds. The molecule has 1 saturated heterocycles. The number of ether oxygens (including phenoxy) is 1. The molecule has 2 aromatic rings. The Hall–Kier alpha value is -2.30. The summed E-state index contributed by atoms with van der Waals surface area (Å²) in [5.74, 6) is 1.71. The molecule has 1 fully saturated rings. The zero-order valence-electron chi connectivity index (χ0n) is 12.2. The maximum atomic E-state index is 5.14. The smallest absolute Gasteiger partial charge is 0.225 e. The van der Waals surface area contributed by atoms with Crippen LogP contribution in [0.4, 0.5) is 11.6 Å². The number of hydrogen-bond donors (Lipinski definition) is 1. The van der Waals surface area contributed by atoms with Crippen LogP contribution in [0, 0.1) is 0 Å². The zero-order valence-corrected chi connectivity index (χ0v) is 12.2. The van der Waals surface area contributed by atoms with Crippen LogP contribution in [-0.4, -0.2) is 30.2 Å². The first-order chi connectivity index (χ1) is 10.3. The minimum Gasteiger partial charge on any atom is -0.497 e. The molecule has 1 aliphatic rings. The number of nitrogens with one attached hydrogen (secondary N) is 1. The topological polar surface area (TPSA) is 50.3 Å². The lowest BCUT2D eigenvalue weighted by molar-refractivity contribution is 0.415. The van der Waals surface area contributed by atoms with Gasteiger partial charge in [-0.15, -0.1) is 0 Å². The molecule has 0 spiro atoms. The van der Waals surface area contributed by atoms with Crippen LogP contribution in [0.25, 0.3) is 0 Å². The van der Waals surface area contributed by atoms with Gasteiger partial charge in [-0.3, -0.25) is 0 Å². The molecule has 1 aromatic carbocycles. The van der Waals surface area contributed by atoms with Crippen molar-refractivity contribution < 1.29 is 4.74 Å². The molecule has 0 saturated carbocycles. The van der Waals surface area contributed by atoms with Gasteiger partial charge in [0.25, 0.3) is 0 Å². The van der Waals surface area contributed by atoms with E-state index >= 15 is 0 Å². The number of methoxy groups -OCH3 is 1. The Morgan fingerprint density at radius 3 is 2.38 bits per heavy atom. The molecule has 5 heteroatoms. The third-order valence-corrected chi connectivity index (χ3v) is 3.67. The third kappa shape index (κ3) is 3.42. The predicted molar refractivity (Wildman–Crippen MR) is 83.8 cm³/mol. The lowest BCUT2D eigenvalue weighted by atomic mass is 10.3. The van der Waals surface area contributed by atoms with Crippen LogP contribution in [-0.2, 0) is 6.54 Å². The van der Waals surface area contributed by atoms with Gasteiger partial charge in [-0.05, 0) is 37.1 Å². The molecular weight excluding hydrogens is 264 g/mol. The fourth-order valence-electron chi connectivity index (χ4n) is 2.43. The number of hydrogen-bond acceptors (Lipinski definition) is 5. The zero-order chi connectivity index (χ0) is 14.5. The van der Waals surface area contributed by atoms with Crippen molar-refractivity contribution in [3.05, 3.63) is 42.2 Å². The number of nitrogens with zero attached hydrogens (tertiary/aromatic N) is 3. The Kier molecular flexibility index (Phi) is 4.19. The average Bonchev–Trinajstić information content (AvgIpc) is 3.08. The van der Waals surface area contributed by atoms with E-state index in [4.69, 9.17) is 4.74 Å². The van der Waals surface area contributed by atoms with Crippen LogP contribution < -0.4 is 15.0 Å². The Morgan fingerprint density at radius 2 is 1.76 bits per heavy atom. The van der Waals surface area contributed by atoms with Crippen LogP contribution >= 0.6 is 0 Å². The molecule has 21 heavy (non-hydrogen) atoms. The van der Waals surface area contributed by atoms with Crippen molar-refractivity contribution in [3.63, 3.8) is 0 Å². The molecule has 0 radical (unpaired) electrons. The van der Waals surface area contributed by atoms with Crippen molar-refractivity contribution in [3.8, 4) is 5.75 Å². The fourth-order valence-corrected chi connectivity index (χ4v) is 2.43. The molecule has 3 rings (SSSR count). The van der Waals surface area contributed by atoms with E-state index in [0.717, 1.165) is 36.0 Å². The summed E-state index contributed by atoms with van der Waals surface area (Å²) in [5.41, 5.74) is 2.13. The average molecular weight is 284 g/mol. The van der Waals surface area contributed by atoms with Gasteiger partial charge in [0.15, 0.2) is 0 Å². The summed E-state index contributed by atoms with van der Waals surface area (Å²) in [6.45, 7) is 2.86. The normalized spacial score (nSPS) is 14.2. The molecule has 1 aromatic heterocycles. The Morgan fingerprint density at radius 1 is 1.10 bits per heavy atom. The lowest BCUT2D eigenvalue weighted by Gasteiger charge is -2.14. The minimum absolute atomic E-state index is 0.715. The van der Waals surface area contributed by atoms with Crippen molar-refractivity contribution >= 4 is 11.6 Å². The Balaban J connectivity index is 1.57. The second-order valence-corrected chi connectivity index (χ2v) is 5.17. The minimum atomic E-state index is 0.715. The first kappa shape index (κ1) is 13.7. The molecule has 110 valence electrons. The van der Waals surface area contributed by atoms with E-state index in [1.807, 2.05) is 36.7 Å². The van der Waals surface area contributed by atoms with Crippen LogP contribution in [0.3, 0.4) is 0 Å². The van der Waals surface area contributed by atoms with E-state index in [2.05, 4.69) is 20.2 Å². The van der Waals surface area contributed by atoms with Crippen molar-refractivity contribution in [2.75, 3.05) is 30.4 Å². The standard InChI is InChI=1S/C16H20N4O/c1-21-15-6-4-14(5-7-15)17-10-13-11-18-16(19-12-13)20-8-2-3-9-20/h4-7,11-12,17H,2-3,8-10H2,1H3. The molecular formula is C16H20N4O. The highest BCUT2D eigenvalue weighted by Crippen LogP contribution is 2.17. The van der Waals surface area contributed by atoms with Gasteiger partial charge < -0.3 is 15.0 Å². The quantitative estimate of drug-likeness (QED) is 0.915. The van der Waals surface area contributed by atoms with Gasteiger partial charge in [-0.25, -0.2) is 9.97 Å². The SMILES string of the molecule is COc1ccc(NCc2cnc(N3CCCC3)nc2)cc1. The van der Waals surface area contributed by atoms with Crippen LogP contribution in [0.5, 0.6) is 5.75 Å². The molecule has 1 aliphatic heterocycles. The summed E-state index contributed by atoms with van der Waals surface area (Å²) < 4.78 is 5.14. The number of anilines is 2. The summed E-state index contributed by atoms with van der Waals surface area (Å²) in [6.07, 6.45) is 6.28. The monoisotopic (exact) mass is 284 g/mol. The van der Waals surface area contributed by atoms with E-state index in [0.29, 0.717) is 6.54 Å². The Bertz CT molecular complexity index is 562. The van der Waals surface area contributed by atoms with E-state index in [9.17, 15) is 0 Å². The van der Waals surface area contributed by atoms with Gasteiger partial charge in [0.2, 0.25) is 5.95 Å². The van der Waals surface area contributed by atoms with Gasteiger partial charge in [-0.2, -0.15) is 0 Å². The summed E-state index contributed by atoms with van der Waals surface area (Å²) in [7, 11) is 1.67. The number of benzene rings is 1. The van der Waals surface area contributed by atoms with Gasteiger partial charge >= 0.3 is 0 Å². The largest absolute Gasteiger partial charge is 0.497 e. The van der Waals surface area contributed by atoms with E-state index in [1.165, 1.54) is 12.8 Å². The summed E-state index contributed by atoms with van der Waals surface area (Å²) >= 11 is 0. The van der Waals surface area contributed by atoms with Crippen LogP contribution in [0.15, 0.2) is 36.7 Å². The van der Waals surface area contributed by atoms with E-state index in [-0.39, 0.29) is 0 Å². The summed E-state index contributed by atoms with van der Waals surface area (Å²) in [5, 5.41) is 3.35. The van der Waals surface area contributed by atoms with Crippen LogP contribution in [0.2, 0.25) is 0 Å². The molecule has 0 aliphatic carbocycles. The van der Waals surface area contributed by atoms with Gasteiger partial charge in [-0.1, -0.05) is 0 Å².